The molecule has 8 nitrogen and oxygen atoms in total. The van der Waals surface area contributed by atoms with Crippen LogP contribution in [0.2, 0.25) is 0 Å². The molecule has 2 aliphatic rings. The number of rotatable bonds is 6. The fraction of sp³-hybridized carbons (Fsp3) is 0.320. The van der Waals surface area contributed by atoms with Gasteiger partial charge in [-0.1, -0.05) is 23.9 Å². The van der Waals surface area contributed by atoms with Crippen molar-refractivity contribution in [2.75, 3.05) is 18.4 Å². The number of anilines is 1. The minimum Gasteiger partial charge on any atom is -0.351 e. The van der Waals surface area contributed by atoms with Gasteiger partial charge >= 0.3 is 0 Å². The molecule has 34 heavy (non-hydrogen) atoms. The van der Waals surface area contributed by atoms with Gasteiger partial charge in [-0.2, -0.15) is 10.3 Å². The Kier molecular flexibility index (Phi) is 7.28. The van der Waals surface area contributed by atoms with Gasteiger partial charge in [-0.05, 0) is 61.7 Å². The first-order valence-corrected chi connectivity index (χ1v) is 12.1. The summed E-state index contributed by atoms with van der Waals surface area (Å²) in [7, 11) is 0. The molecular weight excluding hydrogens is 450 g/mol. The summed E-state index contributed by atoms with van der Waals surface area (Å²) >= 11 is 1.36. The summed E-state index contributed by atoms with van der Waals surface area (Å²) in [6, 6.07) is 15.5. The highest BCUT2D eigenvalue weighted by molar-refractivity contribution is 8.15. The van der Waals surface area contributed by atoms with E-state index in [0.717, 1.165) is 36.7 Å². The predicted molar refractivity (Wildman–Crippen MR) is 131 cm³/mol. The molecule has 0 radical (unpaired) electrons. The Hall–Kier alpha value is -3.64. The molecule has 0 bridgehead atoms. The van der Waals surface area contributed by atoms with Crippen LogP contribution in [0, 0.1) is 11.3 Å². The molecule has 1 fully saturated rings. The summed E-state index contributed by atoms with van der Waals surface area (Å²) in [5, 5.41) is 14.8. The topological polar surface area (TPSA) is 115 Å². The number of hydrogen-bond donors (Lipinski definition) is 2. The van der Waals surface area contributed by atoms with Crippen LogP contribution < -0.4 is 10.6 Å². The maximum absolute atomic E-state index is 12.6. The second-order valence-corrected chi connectivity index (χ2v) is 9.46. The largest absolute Gasteiger partial charge is 0.351 e. The number of carbonyl (C=O) groups is 3. The number of carbonyl (C=O) groups excluding carboxylic acids is 3. The van der Waals surface area contributed by atoms with Gasteiger partial charge in [0.15, 0.2) is 5.17 Å². The summed E-state index contributed by atoms with van der Waals surface area (Å²) in [5.74, 6) is -0.768. The number of amidine groups is 1. The maximum Gasteiger partial charge on any atom is 0.262 e. The van der Waals surface area contributed by atoms with Gasteiger partial charge in [0, 0.05) is 30.8 Å². The molecule has 2 aliphatic heterocycles. The molecule has 3 amide bonds. The molecule has 9 heteroatoms. The Labute approximate surface area is 202 Å². The zero-order chi connectivity index (χ0) is 24.1. The molecule has 0 spiro atoms. The van der Waals surface area contributed by atoms with E-state index in [4.69, 9.17) is 5.26 Å². The quantitative estimate of drug-likeness (QED) is 0.661. The summed E-state index contributed by atoms with van der Waals surface area (Å²) < 4.78 is 0. The molecule has 2 aromatic rings. The van der Waals surface area contributed by atoms with Gasteiger partial charge in [-0.25, -0.2) is 0 Å². The molecule has 2 aromatic carbocycles. The minimum atomic E-state index is -0.496. The highest BCUT2D eigenvalue weighted by atomic mass is 32.2. The highest BCUT2D eigenvalue weighted by Crippen LogP contribution is 2.29. The van der Waals surface area contributed by atoms with Gasteiger partial charge in [0.05, 0.1) is 17.7 Å². The molecule has 1 saturated heterocycles. The number of benzene rings is 2. The van der Waals surface area contributed by atoms with Crippen LogP contribution in [0.1, 0.15) is 53.7 Å². The Bertz CT molecular complexity index is 1150. The summed E-state index contributed by atoms with van der Waals surface area (Å²) in [5.41, 5.74) is 2.48. The van der Waals surface area contributed by atoms with Crippen LogP contribution in [-0.2, 0) is 9.59 Å². The zero-order valence-electron chi connectivity index (χ0n) is 18.8. The van der Waals surface area contributed by atoms with Gasteiger partial charge in [0.1, 0.15) is 5.25 Å². The first-order valence-electron chi connectivity index (χ1n) is 11.2. The van der Waals surface area contributed by atoms with Crippen molar-refractivity contribution in [2.45, 2.75) is 37.5 Å². The molecule has 4 rings (SSSR count). The van der Waals surface area contributed by atoms with E-state index in [1.807, 2.05) is 19.1 Å². The van der Waals surface area contributed by atoms with Crippen molar-refractivity contribution in [1.82, 2.24) is 10.2 Å². The van der Waals surface area contributed by atoms with Crippen LogP contribution in [0.3, 0.4) is 0 Å². The second kappa shape index (κ2) is 10.5. The number of aliphatic imine (C=N–C) groups is 1. The lowest BCUT2D eigenvalue weighted by Gasteiger charge is -2.16. The van der Waals surface area contributed by atoms with E-state index >= 15 is 0 Å². The first kappa shape index (κ1) is 23.5. The molecule has 0 saturated carbocycles. The number of nitrogens with one attached hydrogen (secondary N) is 2. The van der Waals surface area contributed by atoms with Crippen LogP contribution in [-0.4, -0.2) is 46.1 Å². The molecule has 2 unspecified atom stereocenters. The van der Waals surface area contributed by atoms with Gasteiger partial charge in [-0.3, -0.25) is 14.4 Å². The number of hydrogen-bond acceptors (Lipinski definition) is 6. The lowest BCUT2D eigenvalue weighted by atomic mass is 10.1. The zero-order valence-corrected chi connectivity index (χ0v) is 19.6. The number of nitriles is 1. The van der Waals surface area contributed by atoms with Gasteiger partial charge in [0.25, 0.3) is 11.8 Å². The fourth-order valence-electron chi connectivity index (χ4n) is 3.85. The van der Waals surface area contributed by atoms with E-state index < -0.39 is 5.25 Å². The van der Waals surface area contributed by atoms with E-state index in [1.165, 1.54) is 11.8 Å². The highest BCUT2D eigenvalue weighted by Gasteiger charge is 2.33. The predicted octanol–water partition coefficient (Wildman–Crippen LogP) is 3.47. The Morgan fingerprint density at radius 2 is 1.82 bits per heavy atom. The fourth-order valence-corrected chi connectivity index (χ4v) is 4.96. The van der Waals surface area contributed by atoms with Crippen LogP contribution in [0.15, 0.2) is 53.5 Å². The Balaban J connectivity index is 1.27. The van der Waals surface area contributed by atoms with Crippen molar-refractivity contribution in [2.24, 2.45) is 4.99 Å². The number of amides is 3. The molecule has 2 N–H and O–H groups in total. The van der Waals surface area contributed by atoms with Gasteiger partial charge in [0.2, 0.25) is 5.91 Å². The normalized spacial score (nSPS) is 18.2. The average Bonchev–Trinajstić information content (AvgIpc) is 3.50. The van der Waals surface area contributed by atoms with Gasteiger partial charge in [-0.15, -0.1) is 0 Å². The van der Waals surface area contributed by atoms with Crippen molar-refractivity contribution < 1.29 is 14.4 Å². The summed E-state index contributed by atoms with van der Waals surface area (Å²) in [6.07, 6.45) is 2.25. The maximum atomic E-state index is 12.6. The Morgan fingerprint density at radius 3 is 2.47 bits per heavy atom. The van der Waals surface area contributed by atoms with Crippen molar-refractivity contribution in [1.29, 1.82) is 5.26 Å². The van der Waals surface area contributed by atoms with E-state index in [2.05, 4.69) is 26.6 Å². The van der Waals surface area contributed by atoms with Crippen LogP contribution in [0.25, 0.3) is 0 Å². The number of likely N-dealkylation sites (tertiary alicyclic amines) is 1. The average molecular weight is 476 g/mol. The molecule has 0 aliphatic carbocycles. The van der Waals surface area contributed by atoms with Crippen molar-refractivity contribution in [3.63, 3.8) is 0 Å². The van der Waals surface area contributed by atoms with Crippen molar-refractivity contribution in [3.8, 4) is 6.07 Å². The SMILES string of the molecule is CC(NC(=O)c1ccc(NC(=O)CC2SC(N3CCCC3)=NC2=O)cc1)c1ccc(C#N)cc1. The second-order valence-electron chi connectivity index (χ2n) is 8.29. The smallest absolute Gasteiger partial charge is 0.262 e. The van der Waals surface area contributed by atoms with Crippen LogP contribution in [0.5, 0.6) is 0 Å². The molecule has 2 atom stereocenters. The lowest BCUT2D eigenvalue weighted by molar-refractivity contribution is -0.121. The third-order valence-electron chi connectivity index (χ3n) is 5.79. The van der Waals surface area contributed by atoms with Crippen LogP contribution in [0.4, 0.5) is 5.69 Å². The number of nitrogens with zero attached hydrogens (tertiary/aromatic N) is 3. The minimum absolute atomic E-state index is 0.0503. The van der Waals surface area contributed by atoms with Gasteiger partial charge < -0.3 is 15.5 Å². The number of thioether (sulfide) groups is 1. The van der Waals surface area contributed by atoms with E-state index in [-0.39, 0.29) is 30.2 Å². The molecular formula is C25H25N5O3S. The molecule has 174 valence electrons. The summed E-state index contributed by atoms with van der Waals surface area (Å²) in [4.78, 5) is 43.5. The lowest BCUT2D eigenvalue weighted by Crippen LogP contribution is -2.26. The Morgan fingerprint density at radius 1 is 1.15 bits per heavy atom. The molecule has 2 heterocycles. The van der Waals surface area contributed by atoms with Crippen molar-refractivity contribution >= 4 is 40.3 Å². The third-order valence-corrected chi connectivity index (χ3v) is 7.01. The van der Waals surface area contributed by atoms with Crippen molar-refractivity contribution in [3.05, 3.63) is 65.2 Å². The summed E-state index contributed by atoms with van der Waals surface area (Å²) in [6.45, 7) is 3.68. The first-order chi connectivity index (χ1) is 16.4. The van der Waals surface area contributed by atoms with E-state index in [0.29, 0.717) is 16.8 Å². The van der Waals surface area contributed by atoms with E-state index in [9.17, 15) is 14.4 Å². The van der Waals surface area contributed by atoms with E-state index in [1.54, 1.807) is 36.4 Å². The standard InChI is InChI=1S/C25H25N5O3S/c1-16(18-6-4-17(15-26)5-7-18)27-23(32)19-8-10-20(11-9-19)28-22(31)14-21-24(33)29-25(34-21)30-12-2-3-13-30/h4-11,16,21H,2-3,12-14H2,1H3,(H,27,32)(H,28,31). The third kappa shape index (κ3) is 5.64. The molecule has 0 aromatic heterocycles. The van der Waals surface area contributed by atoms with Crippen LogP contribution >= 0.6 is 11.8 Å². The monoisotopic (exact) mass is 475 g/mol.